The fourth-order valence-corrected chi connectivity index (χ4v) is 4.03. The smallest absolute Gasteiger partial charge is 0.232 e. The number of carbonyl (C=O) groups is 1. The lowest BCUT2D eigenvalue weighted by molar-refractivity contribution is -0.127. The molecule has 0 spiro atoms. The quantitative estimate of drug-likeness (QED) is 0.747. The van der Waals surface area contributed by atoms with Gasteiger partial charge >= 0.3 is 0 Å². The van der Waals surface area contributed by atoms with E-state index in [2.05, 4.69) is 22.8 Å². The number of hydrogen-bond donors (Lipinski definition) is 0. The summed E-state index contributed by atoms with van der Waals surface area (Å²) in [6.45, 7) is 0.472. The Bertz CT molecular complexity index is 779. The largest absolute Gasteiger partial charge is 0.344 e. The van der Waals surface area contributed by atoms with Gasteiger partial charge in [-0.05, 0) is 37.8 Å². The molecule has 0 N–H and O–H groups in total. The average molecular weight is 354 g/mol. The first-order valence-electron chi connectivity index (χ1n) is 8.60. The van der Waals surface area contributed by atoms with Gasteiger partial charge in [-0.1, -0.05) is 30.0 Å². The van der Waals surface area contributed by atoms with Crippen molar-refractivity contribution in [2.75, 3.05) is 19.3 Å². The zero-order valence-electron chi connectivity index (χ0n) is 14.4. The monoisotopic (exact) mass is 354 g/mol. The number of para-hydroxylation sites is 1. The van der Waals surface area contributed by atoms with Crippen LogP contribution in [0.15, 0.2) is 35.5 Å². The van der Waals surface area contributed by atoms with Crippen LogP contribution in [-0.2, 0) is 17.6 Å². The molecule has 130 valence electrons. The molecule has 3 rings (SSSR count). The molecular weight excluding hydrogens is 332 g/mol. The van der Waals surface area contributed by atoms with Crippen molar-refractivity contribution in [2.24, 2.45) is 0 Å². The van der Waals surface area contributed by atoms with Gasteiger partial charge in [-0.2, -0.15) is 5.26 Å². The van der Waals surface area contributed by atoms with Crippen LogP contribution in [0.3, 0.4) is 0 Å². The van der Waals surface area contributed by atoms with Crippen molar-refractivity contribution in [3.63, 3.8) is 0 Å². The lowest BCUT2D eigenvalue weighted by Crippen LogP contribution is -2.29. The van der Waals surface area contributed by atoms with E-state index in [0.29, 0.717) is 18.7 Å². The third-order valence-electron chi connectivity index (χ3n) is 4.43. The predicted molar refractivity (Wildman–Crippen MR) is 98.8 cm³/mol. The van der Waals surface area contributed by atoms with Gasteiger partial charge in [-0.3, -0.25) is 9.36 Å². The molecule has 25 heavy (non-hydrogen) atoms. The molecule has 2 aromatic rings. The molecule has 1 heterocycles. The van der Waals surface area contributed by atoms with E-state index in [9.17, 15) is 4.79 Å². The third-order valence-corrected chi connectivity index (χ3v) is 5.35. The second kappa shape index (κ2) is 8.21. The second-order valence-electron chi connectivity index (χ2n) is 6.18. The lowest BCUT2D eigenvalue weighted by Gasteiger charge is -2.16. The van der Waals surface area contributed by atoms with Crippen LogP contribution in [0.4, 0.5) is 0 Å². The first-order valence-corrected chi connectivity index (χ1v) is 9.59. The zero-order valence-corrected chi connectivity index (χ0v) is 15.3. The number of hydrogen-bond acceptors (Lipinski definition) is 4. The van der Waals surface area contributed by atoms with Gasteiger partial charge in [0.2, 0.25) is 5.91 Å². The van der Waals surface area contributed by atoms with Gasteiger partial charge in [-0.25, -0.2) is 4.98 Å². The minimum absolute atomic E-state index is 0.0285. The molecule has 0 bridgehead atoms. The Morgan fingerprint density at radius 1 is 1.32 bits per heavy atom. The van der Waals surface area contributed by atoms with E-state index in [1.807, 2.05) is 18.2 Å². The zero-order chi connectivity index (χ0) is 17.6. The third kappa shape index (κ3) is 4.05. The van der Waals surface area contributed by atoms with Crippen LogP contribution in [-0.4, -0.2) is 39.7 Å². The summed E-state index contributed by atoms with van der Waals surface area (Å²) in [6.07, 6.45) is 4.77. The van der Waals surface area contributed by atoms with E-state index in [1.165, 1.54) is 36.0 Å². The highest BCUT2D eigenvalue weighted by molar-refractivity contribution is 7.99. The molecule has 6 heteroatoms. The van der Waals surface area contributed by atoms with Gasteiger partial charge in [0.1, 0.15) is 0 Å². The minimum atomic E-state index is 0.0285. The minimum Gasteiger partial charge on any atom is -0.344 e. The summed E-state index contributed by atoms with van der Waals surface area (Å²) in [5, 5.41) is 9.54. The molecule has 0 unspecified atom stereocenters. The fourth-order valence-electron chi connectivity index (χ4n) is 3.03. The molecule has 0 aliphatic heterocycles. The molecule has 1 aromatic carbocycles. The van der Waals surface area contributed by atoms with Crippen LogP contribution < -0.4 is 0 Å². The number of amides is 1. The Balaban J connectivity index is 1.81. The molecule has 1 aliphatic rings. The van der Waals surface area contributed by atoms with E-state index < -0.39 is 0 Å². The van der Waals surface area contributed by atoms with E-state index >= 15 is 0 Å². The molecule has 0 saturated heterocycles. The number of rotatable bonds is 6. The standard InChI is InChI=1S/C19H22N4OS/c1-22(13-7-12-20)18(24)14-25-19-21-16-10-5-6-11-17(16)23(19)15-8-3-2-4-9-15/h2-4,8-9H,5-7,10-11,13-14H2,1H3. The molecule has 0 atom stereocenters. The Labute approximate surface area is 152 Å². The number of nitrogens with zero attached hydrogens (tertiary/aromatic N) is 4. The number of aryl methyl sites for hydroxylation is 1. The Morgan fingerprint density at radius 3 is 2.84 bits per heavy atom. The summed E-state index contributed by atoms with van der Waals surface area (Å²) in [6, 6.07) is 12.3. The molecule has 0 radical (unpaired) electrons. The molecular formula is C19H22N4OS. The normalized spacial score (nSPS) is 13.1. The summed E-state index contributed by atoms with van der Waals surface area (Å²) < 4.78 is 2.21. The van der Waals surface area contributed by atoms with Gasteiger partial charge in [-0.15, -0.1) is 0 Å². The van der Waals surface area contributed by atoms with Crippen LogP contribution >= 0.6 is 11.8 Å². The van der Waals surface area contributed by atoms with Crippen molar-refractivity contribution in [1.29, 1.82) is 5.26 Å². The SMILES string of the molecule is CN(CCC#N)C(=O)CSc1nc2c(n1-c1ccccc1)CCCC2. The van der Waals surface area contributed by atoms with Gasteiger partial charge in [0, 0.05) is 25.0 Å². The van der Waals surface area contributed by atoms with Crippen molar-refractivity contribution in [1.82, 2.24) is 14.5 Å². The van der Waals surface area contributed by atoms with Gasteiger partial charge < -0.3 is 4.90 Å². The summed E-state index contributed by atoms with van der Waals surface area (Å²) in [7, 11) is 1.74. The van der Waals surface area contributed by atoms with E-state index in [1.54, 1.807) is 11.9 Å². The molecule has 0 fully saturated rings. The summed E-state index contributed by atoms with van der Waals surface area (Å²) in [5.74, 6) is 0.367. The van der Waals surface area contributed by atoms with Crippen molar-refractivity contribution in [2.45, 2.75) is 37.3 Å². The Kier molecular flexibility index (Phi) is 5.77. The van der Waals surface area contributed by atoms with Crippen LogP contribution in [0.2, 0.25) is 0 Å². The maximum absolute atomic E-state index is 12.3. The Hall–Kier alpha value is -2.26. The summed E-state index contributed by atoms with van der Waals surface area (Å²) >= 11 is 1.48. The highest BCUT2D eigenvalue weighted by Crippen LogP contribution is 2.30. The topological polar surface area (TPSA) is 61.9 Å². The molecule has 0 saturated carbocycles. The fraction of sp³-hybridized carbons (Fsp3) is 0.421. The second-order valence-corrected chi connectivity index (χ2v) is 7.12. The highest BCUT2D eigenvalue weighted by atomic mass is 32.2. The first kappa shape index (κ1) is 17.6. The van der Waals surface area contributed by atoms with Crippen molar-refractivity contribution >= 4 is 17.7 Å². The van der Waals surface area contributed by atoms with Crippen LogP contribution in [0.1, 0.15) is 30.7 Å². The molecule has 1 aromatic heterocycles. The number of nitriles is 1. The van der Waals surface area contributed by atoms with Crippen molar-refractivity contribution in [3.8, 4) is 11.8 Å². The molecule has 5 nitrogen and oxygen atoms in total. The maximum Gasteiger partial charge on any atom is 0.232 e. The number of fused-ring (bicyclic) bond motifs is 1. The van der Waals surface area contributed by atoms with Crippen molar-refractivity contribution < 1.29 is 4.79 Å². The van der Waals surface area contributed by atoms with Crippen LogP contribution in [0.5, 0.6) is 0 Å². The highest BCUT2D eigenvalue weighted by Gasteiger charge is 2.22. The molecule has 1 amide bonds. The van der Waals surface area contributed by atoms with Crippen molar-refractivity contribution in [3.05, 3.63) is 41.7 Å². The van der Waals surface area contributed by atoms with Gasteiger partial charge in [0.15, 0.2) is 5.16 Å². The number of carbonyl (C=O) groups excluding carboxylic acids is 1. The number of aromatic nitrogens is 2. The number of imidazole rings is 1. The lowest BCUT2D eigenvalue weighted by atomic mass is 10.0. The number of benzene rings is 1. The van der Waals surface area contributed by atoms with E-state index in [4.69, 9.17) is 10.2 Å². The summed E-state index contributed by atoms with van der Waals surface area (Å²) in [4.78, 5) is 18.7. The maximum atomic E-state index is 12.3. The first-order chi connectivity index (χ1) is 12.2. The van der Waals surface area contributed by atoms with Crippen LogP contribution in [0.25, 0.3) is 5.69 Å². The number of thioether (sulfide) groups is 1. The predicted octanol–water partition coefficient (Wildman–Crippen LogP) is 3.22. The van der Waals surface area contributed by atoms with E-state index in [0.717, 1.165) is 23.7 Å². The summed E-state index contributed by atoms with van der Waals surface area (Å²) in [5.41, 5.74) is 3.55. The van der Waals surface area contributed by atoms with Gasteiger partial charge in [0.25, 0.3) is 0 Å². The van der Waals surface area contributed by atoms with E-state index in [-0.39, 0.29) is 5.91 Å². The molecule has 1 aliphatic carbocycles. The average Bonchev–Trinajstić information content (AvgIpc) is 3.03. The Morgan fingerprint density at radius 2 is 2.08 bits per heavy atom. The van der Waals surface area contributed by atoms with Crippen LogP contribution in [0, 0.1) is 11.3 Å². The van der Waals surface area contributed by atoms with Gasteiger partial charge in [0.05, 0.1) is 23.9 Å².